The fourth-order valence-electron chi connectivity index (χ4n) is 6.15. The van der Waals surface area contributed by atoms with Gasteiger partial charge in [-0.25, -0.2) is 9.37 Å². The number of alkyl halides is 1. The van der Waals surface area contributed by atoms with Crippen molar-refractivity contribution in [2.45, 2.75) is 38.3 Å². The number of likely N-dealkylation sites (tertiary alicyclic amines) is 1. The number of rotatable bonds is 7. The smallest absolute Gasteiger partial charge is 0.269 e. The van der Waals surface area contributed by atoms with Gasteiger partial charge in [-0.1, -0.05) is 24.3 Å². The normalized spacial score (nSPS) is 17.4. The molecule has 0 unspecified atom stereocenters. The number of pyridine rings is 1. The molecule has 12 nitrogen and oxygen atoms in total. The van der Waals surface area contributed by atoms with Gasteiger partial charge in [0.1, 0.15) is 24.6 Å². The molecule has 5 aromatic rings. The van der Waals surface area contributed by atoms with Crippen molar-refractivity contribution < 1.29 is 18.8 Å². The van der Waals surface area contributed by atoms with Gasteiger partial charge in [0.25, 0.3) is 11.8 Å². The lowest BCUT2D eigenvalue weighted by molar-refractivity contribution is -0.137. The van der Waals surface area contributed by atoms with E-state index in [-0.39, 0.29) is 25.2 Å². The van der Waals surface area contributed by atoms with Gasteiger partial charge in [0.05, 0.1) is 30.1 Å². The number of hydrogen-bond donors (Lipinski definition) is 2. The Kier molecular flexibility index (Phi) is 7.22. The average molecular weight is 606 g/mol. The number of benzene rings is 2. The highest BCUT2D eigenvalue weighted by molar-refractivity contribution is 6.06. The van der Waals surface area contributed by atoms with Crippen LogP contribution in [-0.2, 0) is 29.2 Å². The third kappa shape index (κ3) is 5.16. The van der Waals surface area contributed by atoms with Crippen molar-refractivity contribution in [3.05, 3.63) is 96.1 Å². The highest BCUT2D eigenvalue weighted by Gasteiger charge is 2.43. The van der Waals surface area contributed by atoms with Crippen molar-refractivity contribution in [3.63, 3.8) is 0 Å². The molecule has 2 aromatic carbocycles. The highest BCUT2D eigenvalue weighted by Crippen LogP contribution is 2.35. The van der Waals surface area contributed by atoms with Gasteiger partial charge in [0.2, 0.25) is 5.91 Å². The molecule has 0 saturated carbocycles. The number of halogens is 1. The van der Waals surface area contributed by atoms with Crippen LogP contribution in [0.1, 0.15) is 28.0 Å². The second-order valence-electron chi connectivity index (χ2n) is 11.0. The summed E-state index contributed by atoms with van der Waals surface area (Å²) in [5.74, 6) is -1.36. The minimum absolute atomic E-state index is 0.00745. The zero-order valence-electron chi connectivity index (χ0n) is 24.0. The van der Waals surface area contributed by atoms with E-state index < -0.39 is 29.9 Å². The van der Waals surface area contributed by atoms with Crippen LogP contribution in [0.4, 0.5) is 15.9 Å². The number of hydrogen-bond acceptors (Lipinski definition) is 8. The number of primary amides is 1. The Morgan fingerprint density at radius 2 is 1.89 bits per heavy atom. The third-order valence-corrected chi connectivity index (χ3v) is 8.25. The number of fused-ring (bicyclic) bond motifs is 2. The topological polar surface area (TPSA) is 152 Å². The average Bonchev–Trinajstić information content (AvgIpc) is 3.79. The van der Waals surface area contributed by atoms with E-state index in [2.05, 4.69) is 25.6 Å². The maximum absolute atomic E-state index is 15.1. The molecule has 5 heterocycles. The van der Waals surface area contributed by atoms with E-state index in [1.165, 1.54) is 14.5 Å². The highest BCUT2D eigenvalue weighted by atomic mass is 19.1. The molecule has 0 aliphatic carbocycles. The van der Waals surface area contributed by atoms with Crippen LogP contribution in [0.15, 0.2) is 79.3 Å². The number of amides is 3. The molecule has 1 fully saturated rings. The molecule has 0 radical (unpaired) electrons. The van der Waals surface area contributed by atoms with Gasteiger partial charge in [-0.2, -0.15) is 15.3 Å². The molecule has 2 aliphatic rings. The number of nitrogens with zero attached hydrogens (tertiary/aromatic N) is 7. The maximum atomic E-state index is 15.1. The van der Waals surface area contributed by atoms with E-state index >= 15 is 4.39 Å². The molecule has 2 aliphatic heterocycles. The molecule has 3 aromatic heterocycles. The molecule has 0 bridgehead atoms. The van der Waals surface area contributed by atoms with Gasteiger partial charge in [-0.3, -0.25) is 24.0 Å². The van der Waals surface area contributed by atoms with Gasteiger partial charge in [-0.15, -0.1) is 0 Å². The number of nitrogens with two attached hydrogens (primary N) is 1. The van der Waals surface area contributed by atoms with Crippen LogP contribution in [0, 0.1) is 0 Å². The van der Waals surface area contributed by atoms with Crippen LogP contribution >= 0.6 is 0 Å². The first kappa shape index (κ1) is 28.2. The molecule has 3 N–H and O–H groups in total. The number of anilines is 2. The van der Waals surface area contributed by atoms with Crippen molar-refractivity contribution in [1.29, 1.82) is 0 Å². The molecule has 1 saturated heterocycles. The number of carbonyl (C=O) groups excluding carboxylic acids is 3. The largest absolute Gasteiger partial charge is 0.364 e. The Labute approximate surface area is 256 Å². The zero-order chi connectivity index (χ0) is 31.1. The summed E-state index contributed by atoms with van der Waals surface area (Å²) in [5, 5.41) is 15.8. The molecule has 2 atom stereocenters. The van der Waals surface area contributed by atoms with E-state index in [9.17, 15) is 14.4 Å². The molecule has 7 rings (SSSR count). The van der Waals surface area contributed by atoms with E-state index in [0.717, 1.165) is 22.3 Å². The van der Waals surface area contributed by atoms with Crippen molar-refractivity contribution in [3.8, 4) is 11.1 Å². The molecule has 0 spiro atoms. The first-order valence-electron chi connectivity index (χ1n) is 14.5. The van der Waals surface area contributed by atoms with Gasteiger partial charge in [0.15, 0.2) is 5.69 Å². The standard InChI is InChI=1S/C32H28FN9O3/c33-22-13-27(32(45)42(28-6-1-2-10-36-28)26-5-3-4-21-14-35-16-24(21)26)40(17-22)29(43)18-41-25-8-7-19(20-9-11-37-38-15-20)12-23(25)30(39-41)31(34)44/h1-12,15,22,27,35H,13-14,16-18H2,(H2,34,44)/t22-,27+/m1/s1. The van der Waals surface area contributed by atoms with E-state index in [4.69, 9.17) is 5.73 Å². The Hall–Kier alpha value is -5.56. The van der Waals surface area contributed by atoms with Gasteiger partial charge in [-0.05, 0) is 53.1 Å². The molecular formula is C32H28FN9O3. The third-order valence-electron chi connectivity index (χ3n) is 8.25. The summed E-state index contributed by atoms with van der Waals surface area (Å²) in [7, 11) is 0. The second-order valence-corrected chi connectivity index (χ2v) is 11.0. The predicted molar refractivity (Wildman–Crippen MR) is 163 cm³/mol. The van der Waals surface area contributed by atoms with E-state index in [1.54, 1.807) is 55.0 Å². The number of aromatic nitrogens is 5. The summed E-state index contributed by atoms with van der Waals surface area (Å²) in [6.45, 7) is 0.653. The minimum Gasteiger partial charge on any atom is -0.364 e. The van der Waals surface area contributed by atoms with E-state index in [0.29, 0.717) is 35.5 Å². The van der Waals surface area contributed by atoms with Crippen LogP contribution in [-0.4, -0.2) is 66.3 Å². The molecule has 3 amide bonds. The van der Waals surface area contributed by atoms with Gasteiger partial charge < -0.3 is 16.0 Å². The Balaban J connectivity index is 1.22. The van der Waals surface area contributed by atoms with Crippen LogP contribution in [0.3, 0.4) is 0 Å². The lowest BCUT2D eigenvalue weighted by Gasteiger charge is -2.30. The Morgan fingerprint density at radius 3 is 2.67 bits per heavy atom. The number of carbonyl (C=O) groups is 3. The monoisotopic (exact) mass is 605 g/mol. The van der Waals surface area contributed by atoms with Crippen molar-refractivity contribution in [2.75, 3.05) is 11.4 Å². The lowest BCUT2D eigenvalue weighted by Crippen LogP contribution is -2.47. The molecular weight excluding hydrogens is 577 g/mol. The quantitative estimate of drug-likeness (QED) is 0.287. The summed E-state index contributed by atoms with van der Waals surface area (Å²) in [5.41, 5.74) is 10.3. The first-order chi connectivity index (χ1) is 21.9. The fourth-order valence-corrected chi connectivity index (χ4v) is 6.15. The van der Waals surface area contributed by atoms with Crippen molar-refractivity contribution >= 4 is 40.1 Å². The summed E-state index contributed by atoms with van der Waals surface area (Å²) in [4.78, 5) is 47.7. The molecule has 13 heteroatoms. The zero-order valence-corrected chi connectivity index (χ0v) is 24.0. The fraction of sp³-hybridized carbons (Fsp3) is 0.219. The maximum Gasteiger partial charge on any atom is 0.269 e. The number of nitrogens with one attached hydrogen (secondary N) is 1. The van der Waals surface area contributed by atoms with Gasteiger partial charge in [0, 0.05) is 36.7 Å². The van der Waals surface area contributed by atoms with Crippen molar-refractivity contribution in [1.82, 2.24) is 35.2 Å². The second kappa shape index (κ2) is 11.5. The predicted octanol–water partition coefficient (Wildman–Crippen LogP) is 2.89. The van der Waals surface area contributed by atoms with Crippen LogP contribution in [0.25, 0.3) is 22.0 Å². The molecule has 45 heavy (non-hydrogen) atoms. The summed E-state index contributed by atoms with van der Waals surface area (Å²) in [6.07, 6.45) is 3.17. The van der Waals surface area contributed by atoms with E-state index in [1.807, 2.05) is 24.3 Å². The Morgan fingerprint density at radius 1 is 1.00 bits per heavy atom. The SMILES string of the molecule is NC(=O)c1nn(CC(=O)N2C[C@H](F)C[C@H]2C(=O)N(c2ccccn2)c2cccc3c2CNC3)c2ccc(-c3ccnnc3)cc12. The summed E-state index contributed by atoms with van der Waals surface area (Å²) >= 11 is 0. The Bertz CT molecular complexity index is 1930. The van der Waals surface area contributed by atoms with Crippen molar-refractivity contribution in [2.24, 2.45) is 5.73 Å². The molecule has 226 valence electrons. The van der Waals surface area contributed by atoms with Crippen LogP contribution in [0.5, 0.6) is 0 Å². The minimum atomic E-state index is -1.40. The van der Waals surface area contributed by atoms with Crippen LogP contribution in [0.2, 0.25) is 0 Å². The van der Waals surface area contributed by atoms with Gasteiger partial charge >= 0.3 is 0 Å². The first-order valence-corrected chi connectivity index (χ1v) is 14.5. The van der Waals surface area contributed by atoms with Crippen LogP contribution < -0.4 is 16.0 Å². The summed E-state index contributed by atoms with van der Waals surface area (Å²) < 4.78 is 16.4. The lowest BCUT2D eigenvalue weighted by atomic mass is 10.0. The summed E-state index contributed by atoms with van der Waals surface area (Å²) in [6, 6.07) is 16.9.